The number of carbonyl (C=O) groups excluding carboxylic acids is 1. The lowest BCUT2D eigenvalue weighted by Gasteiger charge is -2.18. The van der Waals surface area contributed by atoms with Crippen molar-refractivity contribution in [3.63, 3.8) is 0 Å². The summed E-state index contributed by atoms with van der Waals surface area (Å²) in [7, 11) is 0. The van der Waals surface area contributed by atoms with Crippen molar-refractivity contribution in [1.29, 1.82) is 0 Å². The molecule has 1 aromatic carbocycles. The molecule has 1 aliphatic heterocycles. The molecule has 110 valence electrons. The number of amides is 1. The summed E-state index contributed by atoms with van der Waals surface area (Å²) in [6.07, 6.45) is -5.64. The topological polar surface area (TPSA) is 58.6 Å². The Kier molecular flexibility index (Phi) is 4.22. The molecule has 0 radical (unpaired) electrons. The van der Waals surface area contributed by atoms with Gasteiger partial charge in [-0.05, 0) is 12.1 Å². The van der Waals surface area contributed by atoms with E-state index in [-0.39, 0.29) is 18.2 Å². The van der Waals surface area contributed by atoms with Crippen molar-refractivity contribution >= 4 is 17.5 Å². The van der Waals surface area contributed by atoms with Crippen LogP contribution in [0, 0.1) is 0 Å². The van der Waals surface area contributed by atoms with E-state index in [1.54, 1.807) is 0 Å². The number of halogens is 4. The van der Waals surface area contributed by atoms with Crippen LogP contribution in [0.1, 0.15) is 15.9 Å². The molecule has 0 bridgehead atoms. The number of aliphatic hydroxyl groups is 1. The Morgan fingerprint density at radius 2 is 2.10 bits per heavy atom. The van der Waals surface area contributed by atoms with Gasteiger partial charge in [-0.2, -0.15) is 13.2 Å². The monoisotopic (exact) mass is 309 g/mol. The predicted octanol–water partition coefficient (Wildman–Crippen LogP) is 1.85. The first kappa shape index (κ1) is 15.1. The van der Waals surface area contributed by atoms with Gasteiger partial charge >= 0.3 is 6.18 Å². The molecule has 2 N–H and O–H groups in total. The van der Waals surface area contributed by atoms with Crippen molar-refractivity contribution in [2.75, 3.05) is 13.2 Å². The van der Waals surface area contributed by atoms with Gasteiger partial charge in [0.25, 0.3) is 5.91 Å². The van der Waals surface area contributed by atoms with Crippen molar-refractivity contribution in [2.45, 2.75) is 18.3 Å². The minimum atomic E-state index is -4.69. The number of benzene rings is 1. The summed E-state index contributed by atoms with van der Waals surface area (Å²) >= 11 is 5.70. The summed E-state index contributed by atoms with van der Waals surface area (Å²) in [6, 6.07) is 2.35. The van der Waals surface area contributed by atoms with Crippen molar-refractivity contribution in [3.05, 3.63) is 34.3 Å². The third-order valence-corrected chi connectivity index (χ3v) is 3.23. The van der Waals surface area contributed by atoms with Crippen LogP contribution in [0.25, 0.3) is 0 Å². The third-order valence-electron chi connectivity index (χ3n) is 2.91. The second kappa shape index (κ2) is 5.59. The molecule has 1 amide bonds. The zero-order valence-corrected chi connectivity index (χ0v) is 10.8. The summed E-state index contributed by atoms with van der Waals surface area (Å²) in [6.45, 7) is 0.0678. The fourth-order valence-electron chi connectivity index (χ4n) is 1.91. The maximum absolute atomic E-state index is 12.9. The summed E-state index contributed by atoms with van der Waals surface area (Å²) in [5.41, 5.74) is -1.77. The Morgan fingerprint density at radius 3 is 2.65 bits per heavy atom. The zero-order valence-electron chi connectivity index (χ0n) is 10.1. The maximum Gasteiger partial charge on any atom is 0.417 e. The standard InChI is InChI=1S/C12H11ClF3NO3/c13-7-3-1-2-6(12(14,15)16)10(7)11(19)17-8-4-20-5-9(8)18/h1-3,8-9,18H,4-5H2,(H,17,19)/t8-,9+/m0/s1. The van der Waals surface area contributed by atoms with E-state index in [0.717, 1.165) is 12.1 Å². The Bertz CT molecular complexity index is 521. The molecule has 0 saturated carbocycles. The average Bonchev–Trinajstić information content (AvgIpc) is 2.73. The molecule has 20 heavy (non-hydrogen) atoms. The van der Waals surface area contributed by atoms with Crippen LogP contribution in [-0.2, 0) is 10.9 Å². The van der Waals surface area contributed by atoms with E-state index in [1.807, 2.05) is 0 Å². The minimum absolute atomic E-state index is 0.0274. The second-order valence-electron chi connectivity index (χ2n) is 4.34. The Morgan fingerprint density at radius 1 is 1.40 bits per heavy atom. The highest BCUT2D eigenvalue weighted by Gasteiger charge is 2.37. The SMILES string of the molecule is O=C(N[C@H]1COC[C@H]1O)c1c(Cl)cccc1C(F)(F)F. The molecule has 0 unspecified atom stereocenters. The van der Waals surface area contributed by atoms with Gasteiger partial charge in [-0.15, -0.1) is 0 Å². The molecular weight excluding hydrogens is 299 g/mol. The highest BCUT2D eigenvalue weighted by Crippen LogP contribution is 2.35. The van der Waals surface area contributed by atoms with E-state index in [4.69, 9.17) is 16.3 Å². The van der Waals surface area contributed by atoms with E-state index in [1.165, 1.54) is 6.07 Å². The number of hydrogen-bond acceptors (Lipinski definition) is 3. The smallest absolute Gasteiger partial charge is 0.388 e. The first-order chi connectivity index (χ1) is 9.30. The zero-order chi connectivity index (χ0) is 14.9. The normalized spacial score (nSPS) is 22.9. The van der Waals surface area contributed by atoms with E-state index >= 15 is 0 Å². The lowest BCUT2D eigenvalue weighted by Crippen LogP contribution is -2.43. The minimum Gasteiger partial charge on any atom is -0.388 e. The van der Waals surface area contributed by atoms with Crippen LogP contribution in [0.15, 0.2) is 18.2 Å². The number of alkyl halides is 3. The highest BCUT2D eigenvalue weighted by atomic mass is 35.5. The van der Waals surface area contributed by atoms with E-state index in [0.29, 0.717) is 0 Å². The molecule has 1 saturated heterocycles. The summed E-state index contributed by atoms with van der Waals surface area (Å²) in [5, 5.41) is 11.5. The summed E-state index contributed by atoms with van der Waals surface area (Å²) in [5.74, 6) is -0.988. The van der Waals surface area contributed by atoms with Gasteiger partial charge in [-0.3, -0.25) is 4.79 Å². The Balaban J connectivity index is 2.29. The van der Waals surface area contributed by atoms with Crippen LogP contribution >= 0.6 is 11.6 Å². The first-order valence-electron chi connectivity index (χ1n) is 5.73. The van der Waals surface area contributed by atoms with Crippen LogP contribution in [0.5, 0.6) is 0 Å². The number of hydrogen-bond donors (Lipinski definition) is 2. The molecule has 1 heterocycles. The molecule has 4 nitrogen and oxygen atoms in total. The van der Waals surface area contributed by atoms with Gasteiger partial charge in [0.15, 0.2) is 0 Å². The van der Waals surface area contributed by atoms with Crippen LogP contribution in [0.3, 0.4) is 0 Å². The Hall–Kier alpha value is -1.31. The van der Waals surface area contributed by atoms with Crippen molar-refractivity contribution in [1.82, 2.24) is 5.32 Å². The van der Waals surface area contributed by atoms with Gasteiger partial charge in [0.05, 0.1) is 41.5 Å². The summed E-state index contributed by atoms with van der Waals surface area (Å²) < 4.78 is 43.5. The molecular formula is C12H11ClF3NO3. The third kappa shape index (κ3) is 3.05. The molecule has 2 atom stereocenters. The number of carbonyl (C=O) groups is 1. The molecule has 1 aromatic rings. The van der Waals surface area contributed by atoms with E-state index in [9.17, 15) is 23.1 Å². The van der Waals surface area contributed by atoms with E-state index < -0.39 is 35.4 Å². The van der Waals surface area contributed by atoms with Gasteiger partial charge in [-0.1, -0.05) is 17.7 Å². The largest absolute Gasteiger partial charge is 0.417 e. The van der Waals surface area contributed by atoms with Crippen LogP contribution < -0.4 is 5.32 Å². The lowest BCUT2D eigenvalue weighted by atomic mass is 10.1. The van der Waals surface area contributed by atoms with Gasteiger partial charge in [0, 0.05) is 0 Å². The predicted molar refractivity (Wildman–Crippen MR) is 64.5 cm³/mol. The average molecular weight is 310 g/mol. The molecule has 1 aliphatic rings. The number of aliphatic hydroxyl groups excluding tert-OH is 1. The Labute approximate surface area is 117 Å². The fraction of sp³-hybridized carbons (Fsp3) is 0.417. The van der Waals surface area contributed by atoms with Crippen LogP contribution in [-0.4, -0.2) is 36.4 Å². The first-order valence-corrected chi connectivity index (χ1v) is 6.11. The van der Waals surface area contributed by atoms with E-state index in [2.05, 4.69) is 5.32 Å². The molecule has 0 aliphatic carbocycles. The molecule has 0 aromatic heterocycles. The van der Waals surface area contributed by atoms with Gasteiger partial charge in [0.2, 0.25) is 0 Å². The summed E-state index contributed by atoms with van der Waals surface area (Å²) in [4.78, 5) is 12.0. The highest BCUT2D eigenvalue weighted by molar-refractivity contribution is 6.34. The fourth-order valence-corrected chi connectivity index (χ4v) is 2.17. The molecule has 1 fully saturated rings. The number of nitrogens with one attached hydrogen (secondary N) is 1. The van der Waals surface area contributed by atoms with Crippen molar-refractivity contribution in [2.24, 2.45) is 0 Å². The van der Waals surface area contributed by atoms with Crippen molar-refractivity contribution < 1.29 is 27.8 Å². The number of rotatable bonds is 2. The van der Waals surface area contributed by atoms with Crippen molar-refractivity contribution in [3.8, 4) is 0 Å². The van der Waals surface area contributed by atoms with Gasteiger partial charge < -0.3 is 15.2 Å². The molecule has 0 spiro atoms. The quantitative estimate of drug-likeness (QED) is 0.876. The van der Waals surface area contributed by atoms with Gasteiger partial charge in [0.1, 0.15) is 0 Å². The molecule has 8 heteroatoms. The van der Waals surface area contributed by atoms with Crippen LogP contribution in [0.4, 0.5) is 13.2 Å². The van der Waals surface area contributed by atoms with Crippen LogP contribution in [0.2, 0.25) is 5.02 Å². The second-order valence-corrected chi connectivity index (χ2v) is 4.75. The maximum atomic E-state index is 12.9. The number of ether oxygens (including phenoxy) is 1. The lowest BCUT2D eigenvalue weighted by molar-refractivity contribution is -0.137. The molecule has 2 rings (SSSR count). The van der Waals surface area contributed by atoms with Gasteiger partial charge in [-0.25, -0.2) is 0 Å².